The summed E-state index contributed by atoms with van der Waals surface area (Å²) >= 11 is 0. The monoisotopic (exact) mass is 356 g/mol. The second kappa shape index (κ2) is 8.09. The summed E-state index contributed by atoms with van der Waals surface area (Å²) in [5.41, 5.74) is 6.29. The van der Waals surface area contributed by atoms with Gasteiger partial charge in [-0.2, -0.15) is 5.10 Å². The van der Waals surface area contributed by atoms with Crippen molar-refractivity contribution in [3.05, 3.63) is 41.5 Å². The number of nitrogens with two attached hydrogens (primary N) is 1. The van der Waals surface area contributed by atoms with Crippen LogP contribution in [0.2, 0.25) is 0 Å². The van der Waals surface area contributed by atoms with Gasteiger partial charge in [-0.15, -0.1) is 0 Å². The summed E-state index contributed by atoms with van der Waals surface area (Å²) in [6.45, 7) is 4.46. The van der Waals surface area contributed by atoms with Gasteiger partial charge in [-0.05, 0) is 50.6 Å². The van der Waals surface area contributed by atoms with Crippen LogP contribution in [0.5, 0.6) is 0 Å². The molecule has 138 valence electrons. The number of hydrogen-bond donors (Lipinski definition) is 3. The average Bonchev–Trinajstić information content (AvgIpc) is 3.07. The Bertz CT molecular complexity index is 770. The zero-order valence-electron chi connectivity index (χ0n) is 14.9. The SMILES string of the molecule is Cc1nc(C2CCCN(CCC(=O)Nc3ccc(C(N)=O)cc3)C2)n[nH]1. The van der Waals surface area contributed by atoms with Gasteiger partial charge in [0.05, 0.1) is 0 Å². The number of aromatic nitrogens is 3. The lowest BCUT2D eigenvalue weighted by molar-refractivity contribution is -0.116. The fraction of sp³-hybridized carbons (Fsp3) is 0.444. The molecule has 4 N–H and O–H groups in total. The number of H-pyrrole nitrogens is 1. The molecule has 1 unspecified atom stereocenters. The highest BCUT2D eigenvalue weighted by Gasteiger charge is 2.24. The molecular formula is C18H24N6O2. The number of aryl methyl sites for hydroxylation is 1. The maximum atomic E-state index is 12.2. The number of anilines is 1. The van der Waals surface area contributed by atoms with Gasteiger partial charge >= 0.3 is 0 Å². The molecule has 0 radical (unpaired) electrons. The van der Waals surface area contributed by atoms with Gasteiger partial charge in [-0.3, -0.25) is 14.7 Å². The average molecular weight is 356 g/mol. The van der Waals surface area contributed by atoms with E-state index in [0.717, 1.165) is 37.6 Å². The number of carbonyl (C=O) groups is 2. The first kappa shape index (κ1) is 18.1. The minimum absolute atomic E-state index is 0.0484. The number of benzene rings is 1. The minimum atomic E-state index is -0.482. The molecule has 1 aliphatic rings. The molecule has 1 saturated heterocycles. The van der Waals surface area contributed by atoms with Crippen LogP contribution in [0.15, 0.2) is 24.3 Å². The number of primary amides is 1. The van der Waals surface area contributed by atoms with E-state index >= 15 is 0 Å². The van der Waals surface area contributed by atoms with Gasteiger partial charge in [0.2, 0.25) is 11.8 Å². The van der Waals surface area contributed by atoms with Gasteiger partial charge in [-0.1, -0.05) is 0 Å². The first-order chi connectivity index (χ1) is 12.5. The highest BCUT2D eigenvalue weighted by atomic mass is 16.2. The Kier molecular flexibility index (Phi) is 5.62. The van der Waals surface area contributed by atoms with Crippen LogP contribution < -0.4 is 11.1 Å². The number of nitrogens with one attached hydrogen (secondary N) is 2. The van der Waals surface area contributed by atoms with E-state index in [0.29, 0.717) is 30.1 Å². The standard InChI is InChI=1S/C18H24N6O2/c1-12-20-18(23-22-12)14-3-2-9-24(11-14)10-8-16(25)21-15-6-4-13(5-7-15)17(19)26/h4-7,14H,2-3,8-11H2,1H3,(H2,19,26)(H,21,25)(H,20,22,23). The van der Waals surface area contributed by atoms with Crippen LogP contribution in [0.3, 0.4) is 0 Å². The van der Waals surface area contributed by atoms with Crippen LogP contribution in [0, 0.1) is 6.92 Å². The summed E-state index contributed by atoms with van der Waals surface area (Å²) < 4.78 is 0. The van der Waals surface area contributed by atoms with Gasteiger partial charge in [0.25, 0.3) is 0 Å². The van der Waals surface area contributed by atoms with Crippen molar-refractivity contribution in [1.82, 2.24) is 20.1 Å². The molecule has 1 fully saturated rings. The molecule has 0 spiro atoms. The molecule has 1 aliphatic heterocycles. The number of hydrogen-bond acceptors (Lipinski definition) is 5. The second-order valence-corrected chi connectivity index (χ2v) is 6.66. The molecule has 8 heteroatoms. The number of likely N-dealkylation sites (tertiary alicyclic amines) is 1. The molecular weight excluding hydrogens is 332 g/mol. The Hall–Kier alpha value is -2.74. The number of rotatable bonds is 6. The van der Waals surface area contributed by atoms with E-state index in [4.69, 9.17) is 5.73 Å². The summed E-state index contributed by atoms with van der Waals surface area (Å²) in [6.07, 6.45) is 2.57. The number of carbonyl (C=O) groups excluding carboxylic acids is 2. The van der Waals surface area contributed by atoms with E-state index in [-0.39, 0.29) is 5.91 Å². The molecule has 0 saturated carbocycles. The lowest BCUT2D eigenvalue weighted by Gasteiger charge is -2.31. The Morgan fingerprint density at radius 2 is 2.12 bits per heavy atom. The number of piperidine rings is 1. The van der Waals surface area contributed by atoms with Crippen LogP contribution in [-0.4, -0.2) is 51.5 Å². The molecule has 2 heterocycles. The van der Waals surface area contributed by atoms with Crippen LogP contribution in [0.4, 0.5) is 5.69 Å². The largest absolute Gasteiger partial charge is 0.366 e. The highest BCUT2D eigenvalue weighted by Crippen LogP contribution is 2.24. The van der Waals surface area contributed by atoms with Crippen molar-refractivity contribution in [2.75, 3.05) is 25.0 Å². The zero-order valence-corrected chi connectivity index (χ0v) is 14.9. The Labute approximate surface area is 152 Å². The Morgan fingerprint density at radius 1 is 1.35 bits per heavy atom. The Morgan fingerprint density at radius 3 is 2.77 bits per heavy atom. The van der Waals surface area contributed by atoms with Gasteiger partial charge < -0.3 is 16.0 Å². The minimum Gasteiger partial charge on any atom is -0.366 e. The van der Waals surface area contributed by atoms with Gasteiger partial charge in [-0.25, -0.2) is 4.98 Å². The quantitative estimate of drug-likeness (QED) is 0.724. The first-order valence-corrected chi connectivity index (χ1v) is 8.82. The lowest BCUT2D eigenvalue weighted by Crippen LogP contribution is -2.36. The van der Waals surface area contributed by atoms with Crippen molar-refractivity contribution in [2.45, 2.75) is 32.1 Å². The van der Waals surface area contributed by atoms with Crippen LogP contribution in [0.1, 0.15) is 47.2 Å². The molecule has 0 bridgehead atoms. The first-order valence-electron chi connectivity index (χ1n) is 8.82. The molecule has 3 rings (SSSR count). The highest BCUT2D eigenvalue weighted by molar-refractivity contribution is 5.94. The van der Waals surface area contributed by atoms with E-state index in [1.54, 1.807) is 24.3 Å². The summed E-state index contributed by atoms with van der Waals surface area (Å²) in [5, 5.41) is 10.0. The molecule has 1 atom stereocenters. The zero-order chi connectivity index (χ0) is 18.5. The number of nitrogens with zero attached hydrogens (tertiary/aromatic N) is 3. The number of amides is 2. The summed E-state index contributed by atoms with van der Waals surface area (Å²) in [6, 6.07) is 6.57. The van der Waals surface area contributed by atoms with E-state index in [2.05, 4.69) is 25.4 Å². The van der Waals surface area contributed by atoms with Crippen molar-refractivity contribution in [3.8, 4) is 0 Å². The second-order valence-electron chi connectivity index (χ2n) is 6.66. The van der Waals surface area contributed by atoms with Crippen LogP contribution in [-0.2, 0) is 4.79 Å². The van der Waals surface area contributed by atoms with Crippen molar-refractivity contribution in [2.24, 2.45) is 5.73 Å². The van der Waals surface area contributed by atoms with Crippen LogP contribution in [0.25, 0.3) is 0 Å². The fourth-order valence-corrected chi connectivity index (χ4v) is 3.21. The normalized spacial score (nSPS) is 17.8. The predicted molar refractivity (Wildman–Crippen MR) is 97.7 cm³/mol. The summed E-state index contributed by atoms with van der Waals surface area (Å²) in [5.74, 6) is 1.49. The van der Waals surface area contributed by atoms with Gasteiger partial charge in [0.1, 0.15) is 5.82 Å². The van der Waals surface area contributed by atoms with E-state index in [9.17, 15) is 9.59 Å². The third-order valence-corrected chi connectivity index (χ3v) is 4.59. The molecule has 8 nitrogen and oxygen atoms in total. The van der Waals surface area contributed by atoms with Crippen molar-refractivity contribution >= 4 is 17.5 Å². The fourth-order valence-electron chi connectivity index (χ4n) is 3.21. The molecule has 26 heavy (non-hydrogen) atoms. The third kappa shape index (κ3) is 4.66. The molecule has 0 aliphatic carbocycles. The summed E-state index contributed by atoms with van der Waals surface area (Å²) in [4.78, 5) is 30.0. The van der Waals surface area contributed by atoms with Gasteiger partial charge in [0, 0.05) is 36.7 Å². The predicted octanol–water partition coefficient (Wildman–Crippen LogP) is 1.42. The molecule has 2 aromatic rings. The maximum Gasteiger partial charge on any atom is 0.248 e. The van der Waals surface area contributed by atoms with Crippen molar-refractivity contribution in [3.63, 3.8) is 0 Å². The van der Waals surface area contributed by atoms with Crippen LogP contribution >= 0.6 is 0 Å². The molecule has 1 aromatic carbocycles. The van der Waals surface area contributed by atoms with Crippen molar-refractivity contribution < 1.29 is 9.59 Å². The summed E-state index contributed by atoms with van der Waals surface area (Å²) in [7, 11) is 0. The smallest absolute Gasteiger partial charge is 0.248 e. The van der Waals surface area contributed by atoms with Gasteiger partial charge in [0.15, 0.2) is 5.82 Å². The maximum absolute atomic E-state index is 12.2. The Balaban J connectivity index is 1.47. The van der Waals surface area contributed by atoms with Crippen molar-refractivity contribution in [1.29, 1.82) is 0 Å². The third-order valence-electron chi connectivity index (χ3n) is 4.59. The van der Waals surface area contributed by atoms with E-state index in [1.165, 1.54) is 0 Å². The molecule has 2 amide bonds. The lowest BCUT2D eigenvalue weighted by atomic mass is 9.97. The molecule has 1 aromatic heterocycles. The topological polar surface area (TPSA) is 117 Å². The van der Waals surface area contributed by atoms with E-state index < -0.39 is 5.91 Å². The van der Waals surface area contributed by atoms with E-state index in [1.807, 2.05) is 6.92 Å². The number of aromatic amines is 1.